The number of ether oxygens (including phenoxy) is 2. The summed E-state index contributed by atoms with van der Waals surface area (Å²) >= 11 is 0. The van der Waals surface area contributed by atoms with E-state index in [4.69, 9.17) is 9.47 Å². The molecule has 0 amide bonds. The van der Waals surface area contributed by atoms with Crippen LogP contribution in [-0.4, -0.2) is 42.8 Å². The molecule has 0 fully saturated rings. The zero-order chi connectivity index (χ0) is 22.2. The van der Waals surface area contributed by atoms with E-state index in [1.807, 2.05) is 25.7 Å². The molecule has 168 valence electrons. The summed E-state index contributed by atoms with van der Waals surface area (Å²) in [6.07, 6.45) is 9.94. The zero-order valence-corrected chi connectivity index (χ0v) is 19.8. The van der Waals surface area contributed by atoms with Gasteiger partial charge in [-0.3, -0.25) is 4.90 Å². The van der Waals surface area contributed by atoms with Gasteiger partial charge in [-0.2, -0.15) is 0 Å². The molecule has 29 heavy (non-hydrogen) atoms. The molecule has 0 aliphatic rings. The molecule has 0 N–H and O–H groups in total. The van der Waals surface area contributed by atoms with Crippen molar-refractivity contribution in [2.45, 2.75) is 93.2 Å². The monoisotopic (exact) mass is 409 g/mol. The summed E-state index contributed by atoms with van der Waals surface area (Å²) in [5, 5.41) is 0. The van der Waals surface area contributed by atoms with Crippen LogP contribution in [0.2, 0.25) is 0 Å². The van der Waals surface area contributed by atoms with E-state index in [0.29, 0.717) is 17.8 Å². The lowest BCUT2D eigenvalue weighted by Crippen LogP contribution is -2.36. The van der Waals surface area contributed by atoms with Gasteiger partial charge in [-0.25, -0.2) is 9.59 Å². The highest BCUT2D eigenvalue weighted by molar-refractivity contribution is 5.90. The van der Waals surface area contributed by atoms with Crippen LogP contribution in [0.4, 0.5) is 0 Å². The molecule has 0 aliphatic heterocycles. The normalized spacial score (nSPS) is 13.7. The van der Waals surface area contributed by atoms with Crippen LogP contribution in [0.25, 0.3) is 0 Å². The minimum Gasteiger partial charge on any atom is -0.462 e. The first-order valence-corrected chi connectivity index (χ1v) is 11.2. The van der Waals surface area contributed by atoms with Crippen LogP contribution < -0.4 is 0 Å². The van der Waals surface area contributed by atoms with Gasteiger partial charge in [-0.05, 0) is 46.2 Å². The quantitative estimate of drug-likeness (QED) is 0.115. The minimum atomic E-state index is -0.376. The number of esters is 2. The first kappa shape index (κ1) is 27.4. The maximum absolute atomic E-state index is 12.2. The summed E-state index contributed by atoms with van der Waals surface area (Å²) in [5.74, 6) is 0.0639. The lowest BCUT2D eigenvalue weighted by molar-refractivity contribution is -0.152. The van der Waals surface area contributed by atoms with E-state index < -0.39 is 0 Å². The molecule has 1 unspecified atom stereocenters. The molecule has 1 atom stereocenters. The Labute approximate surface area is 178 Å². The second-order valence-electron chi connectivity index (χ2n) is 8.01. The number of rotatable bonds is 15. The lowest BCUT2D eigenvalue weighted by atomic mass is 10.0. The number of hydrogen-bond donors (Lipinski definition) is 0. The Kier molecular flexibility index (Phi) is 15.3. The topological polar surface area (TPSA) is 55.8 Å². The van der Waals surface area contributed by atoms with E-state index in [2.05, 4.69) is 13.8 Å². The smallest absolute Gasteiger partial charge is 0.335 e. The Morgan fingerprint density at radius 1 is 0.828 bits per heavy atom. The number of carbonyl (C=O) groups excluding carboxylic acids is 2. The first-order valence-electron chi connectivity index (χ1n) is 11.2. The van der Waals surface area contributed by atoms with E-state index >= 15 is 0 Å². The number of allylic oxidation sites excluding steroid dienone is 2. The van der Waals surface area contributed by atoms with Gasteiger partial charge in [0.2, 0.25) is 0 Å². The molecule has 0 aliphatic carbocycles. The Balaban J connectivity index is 4.23. The van der Waals surface area contributed by atoms with Crippen molar-refractivity contribution in [3.8, 4) is 0 Å². The zero-order valence-electron chi connectivity index (χ0n) is 19.8. The molecule has 0 spiro atoms. The summed E-state index contributed by atoms with van der Waals surface area (Å²) < 4.78 is 10.8. The van der Waals surface area contributed by atoms with Gasteiger partial charge in [0, 0.05) is 11.1 Å². The summed E-state index contributed by atoms with van der Waals surface area (Å²) in [6, 6.07) is 0. The molecule has 0 radical (unpaired) electrons. The standard InChI is InChI=1S/C24H43NO4/c1-8-25(9-2)22(7)29-24(27)21(6)17-16-20(5)23(26)28-18-14-12-10-11-13-15-19(3)4/h16-17,19,22H,8-15,18H2,1-7H3/b20-16+,21-17+. The maximum Gasteiger partial charge on any atom is 0.335 e. The van der Waals surface area contributed by atoms with Gasteiger partial charge in [0.15, 0.2) is 6.23 Å². The van der Waals surface area contributed by atoms with Gasteiger partial charge in [-0.15, -0.1) is 0 Å². The predicted octanol–water partition coefficient (Wildman–Crippen LogP) is 5.65. The summed E-state index contributed by atoms with van der Waals surface area (Å²) in [6.45, 7) is 15.9. The Morgan fingerprint density at radius 3 is 1.90 bits per heavy atom. The van der Waals surface area contributed by atoms with Crippen molar-refractivity contribution in [3.63, 3.8) is 0 Å². The fourth-order valence-electron chi connectivity index (χ4n) is 2.91. The van der Waals surface area contributed by atoms with Crippen molar-refractivity contribution < 1.29 is 19.1 Å². The molecule has 0 aromatic carbocycles. The SMILES string of the molecule is CCN(CC)C(C)OC(=O)/C(C)=C/C=C(\C)C(=O)OCCCCCCCC(C)C. The molecular formula is C24H43NO4. The van der Waals surface area contributed by atoms with E-state index in [1.54, 1.807) is 26.0 Å². The molecule has 0 aromatic rings. The molecule has 0 saturated heterocycles. The number of nitrogens with zero attached hydrogens (tertiary/aromatic N) is 1. The van der Waals surface area contributed by atoms with Crippen LogP contribution in [-0.2, 0) is 19.1 Å². The average molecular weight is 410 g/mol. The Hall–Kier alpha value is -1.62. The van der Waals surface area contributed by atoms with Gasteiger partial charge in [0.25, 0.3) is 0 Å². The van der Waals surface area contributed by atoms with Crippen molar-refractivity contribution >= 4 is 11.9 Å². The van der Waals surface area contributed by atoms with E-state index in [1.165, 1.54) is 25.7 Å². The fourth-order valence-corrected chi connectivity index (χ4v) is 2.91. The largest absolute Gasteiger partial charge is 0.462 e. The van der Waals surface area contributed by atoms with Crippen LogP contribution in [0, 0.1) is 5.92 Å². The third-order valence-electron chi connectivity index (χ3n) is 4.99. The second kappa shape index (κ2) is 16.2. The minimum absolute atomic E-state index is 0.277. The molecular weight excluding hydrogens is 366 g/mol. The van der Waals surface area contributed by atoms with Crippen molar-refractivity contribution in [2.24, 2.45) is 5.92 Å². The average Bonchev–Trinajstić information content (AvgIpc) is 2.68. The molecule has 0 bridgehead atoms. The van der Waals surface area contributed by atoms with Crippen LogP contribution >= 0.6 is 0 Å². The number of unbranched alkanes of at least 4 members (excludes halogenated alkanes) is 4. The molecule has 0 rings (SSSR count). The highest BCUT2D eigenvalue weighted by Gasteiger charge is 2.15. The van der Waals surface area contributed by atoms with E-state index in [9.17, 15) is 9.59 Å². The van der Waals surface area contributed by atoms with Gasteiger partial charge < -0.3 is 9.47 Å². The third kappa shape index (κ3) is 13.3. The molecule has 0 aromatic heterocycles. The van der Waals surface area contributed by atoms with Crippen LogP contribution in [0.15, 0.2) is 23.3 Å². The number of carbonyl (C=O) groups is 2. The third-order valence-corrected chi connectivity index (χ3v) is 4.99. The molecule has 0 saturated carbocycles. The highest BCUT2D eigenvalue weighted by atomic mass is 16.6. The summed E-state index contributed by atoms with van der Waals surface area (Å²) in [4.78, 5) is 26.3. The fraction of sp³-hybridized carbons (Fsp3) is 0.750. The Bertz CT molecular complexity index is 533. The van der Waals surface area contributed by atoms with Gasteiger partial charge in [0.05, 0.1) is 6.61 Å². The molecule has 5 heteroatoms. The van der Waals surface area contributed by atoms with Crippen LogP contribution in [0.3, 0.4) is 0 Å². The summed E-state index contributed by atoms with van der Waals surface area (Å²) in [5.41, 5.74) is 0.934. The highest BCUT2D eigenvalue weighted by Crippen LogP contribution is 2.11. The van der Waals surface area contributed by atoms with Gasteiger partial charge in [-0.1, -0.05) is 72.0 Å². The van der Waals surface area contributed by atoms with E-state index in [0.717, 1.165) is 31.8 Å². The second-order valence-corrected chi connectivity index (χ2v) is 8.01. The molecule has 0 heterocycles. The Morgan fingerprint density at radius 2 is 1.34 bits per heavy atom. The van der Waals surface area contributed by atoms with Gasteiger partial charge in [0.1, 0.15) is 0 Å². The number of hydrogen-bond acceptors (Lipinski definition) is 5. The van der Waals surface area contributed by atoms with Crippen molar-refractivity contribution in [1.29, 1.82) is 0 Å². The summed E-state index contributed by atoms with van der Waals surface area (Å²) in [7, 11) is 0. The first-order chi connectivity index (χ1) is 13.7. The van der Waals surface area contributed by atoms with E-state index in [-0.39, 0.29) is 18.2 Å². The van der Waals surface area contributed by atoms with Crippen molar-refractivity contribution in [3.05, 3.63) is 23.3 Å². The lowest BCUT2D eigenvalue weighted by Gasteiger charge is -2.25. The van der Waals surface area contributed by atoms with Crippen molar-refractivity contribution in [1.82, 2.24) is 4.90 Å². The van der Waals surface area contributed by atoms with Crippen LogP contribution in [0.5, 0.6) is 0 Å². The predicted molar refractivity (Wildman–Crippen MR) is 119 cm³/mol. The van der Waals surface area contributed by atoms with Crippen molar-refractivity contribution in [2.75, 3.05) is 19.7 Å². The molecule has 5 nitrogen and oxygen atoms in total. The van der Waals surface area contributed by atoms with Gasteiger partial charge >= 0.3 is 11.9 Å². The van der Waals surface area contributed by atoms with Crippen LogP contribution in [0.1, 0.15) is 87.0 Å². The maximum atomic E-state index is 12.2.